The Hall–Kier alpha value is -3.09. The lowest BCUT2D eigenvalue weighted by Crippen LogP contribution is -2.46. The first-order valence-corrected chi connectivity index (χ1v) is 9.56. The molecular weight excluding hydrogens is 358 g/mol. The number of carbonyl (C=O) groups is 3. The lowest BCUT2D eigenvalue weighted by molar-refractivity contribution is -0.137. The number of rotatable bonds is 5. The topological polar surface area (TPSA) is 100 Å². The summed E-state index contributed by atoms with van der Waals surface area (Å²) in [5.41, 5.74) is 0.567. The standard InChI is InChI=1S/C21H25N3O4/c1-14-7-2-4-10-17(14)23-20(26)21(27)24-18-11-5-3-9-16(18)19(25)22-13-15-8-6-12-28-15/h3,5-6,8-9,11-12,14,17H,2,4,7,10,13H2,1H3,(H,22,25)(H,23,26)(H,24,27)/t14-,17-/m0/s1. The van der Waals surface area contributed by atoms with Gasteiger partial charge in [-0.15, -0.1) is 0 Å². The van der Waals surface area contributed by atoms with Crippen molar-refractivity contribution in [3.05, 3.63) is 54.0 Å². The normalized spacial score (nSPS) is 18.9. The monoisotopic (exact) mass is 383 g/mol. The fourth-order valence-electron chi connectivity index (χ4n) is 3.41. The maximum atomic E-state index is 12.5. The van der Waals surface area contributed by atoms with Crippen LogP contribution in [0, 0.1) is 5.92 Å². The van der Waals surface area contributed by atoms with E-state index in [1.807, 2.05) is 0 Å². The molecule has 148 valence electrons. The Morgan fingerprint density at radius 1 is 1.04 bits per heavy atom. The van der Waals surface area contributed by atoms with Crippen LogP contribution in [0.25, 0.3) is 0 Å². The van der Waals surface area contributed by atoms with Crippen LogP contribution in [-0.4, -0.2) is 23.8 Å². The fourth-order valence-corrected chi connectivity index (χ4v) is 3.41. The van der Waals surface area contributed by atoms with Gasteiger partial charge in [0.25, 0.3) is 5.91 Å². The molecule has 0 radical (unpaired) electrons. The minimum absolute atomic E-state index is 0.0128. The summed E-state index contributed by atoms with van der Waals surface area (Å²) in [5.74, 6) is -0.844. The molecule has 1 fully saturated rings. The average molecular weight is 383 g/mol. The van der Waals surface area contributed by atoms with Crippen molar-refractivity contribution in [1.82, 2.24) is 10.6 Å². The molecule has 7 heteroatoms. The minimum atomic E-state index is -0.774. The van der Waals surface area contributed by atoms with E-state index < -0.39 is 11.8 Å². The zero-order valence-electron chi connectivity index (χ0n) is 15.9. The van der Waals surface area contributed by atoms with E-state index >= 15 is 0 Å². The van der Waals surface area contributed by atoms with Crippen LogP contribution in [0.2, 0.25) is 0 Å². The molecule has 1 heterocycles. The largest absolute Gasteiger partial charge is 0.467 e. The number of nitrogens with one attached hydrogen (secondary N) is 3. The molecule has 1 aliphatic rings. The van der Waals surface area contributed by atoms with Gasteiger partial charge in [0.05, 0.1) is 24.1 Å². The summed E-state index contributed by atoms with van der Waals surface area (Å²) in [5, 5.41) is 8.10. The molecule has 0 bridgehead atoms. The number of hydrogen-bond donors (Lipinski definition) is 3. The van der Waals surface area contributed by atoms with Crippen LogP contribution in [-0.2, 0) is 16.1 Å². The number of furan rings is 1. The van der Waals surface area contributed by atoms with E-state index in [1.165, 1.54) is 6.26 Å². The molecule has 3 rings (SSSR count). The Kier molecular flexibility index (Phi) is 6.47. The van der Waals surface area contributed by atoms with E-state index in [-0.39, 0.29) is 29.7 Å². The van der Waals surface area contributed by atoms with Crippen LogP contribution in [0.5, 0.6) is 0 Å². The molecule has 3 amide bonds. The highest BCUT2D eigenvalue weighted by Crippen LogP contribution is 2.23. The molecule has 7 nitrogen and oxygen atoms in total. The molecular formula is C21H25N3O4. The summed E-state index contributed by atoms with van der Waals surface area (Å²) in [6.45, 7) is 2.31. The molecule has 3 N–H and O–H groups in total. The second-order valence-electron chi connectivity index (χ2n) is 7.10. The van der Waals surface area contributed by atoms with Gasteiger partial charge in [0, 0.05) is 6.04 Å². The highest BCUT2D eigenvalue weighted by atomic mass is 16.3. The molecule has 1 aromatic carbocycles. The quantitative estimate of drug-likeness (QED) is 0.691. The van der Waals surface area contributed by atoms with Crippen molar-refractivity contribution in [2.75, 3.05) is 5.32 Å². The number of para-hydroxylation sites is 1. The van der Waals surface area contributed by atoms with Crippen molar-refractivity contribution >= 4 is 23.4 Å². The molecule has 1 saturated carbocycles. The van der Waals surface area contributed by atoms with Gasteiger partial charge in [-0.05, 0) is 43.0 Å². The lowest BCUT2D eigenvalue weighted by Gasteiger charge is -2.29. The maximum absolute atomic E-state index is 12.5. The summed E-state index contributed by atoms with van der Waals surface area (Å²) in [7, 11) is 0. The molecule has 1 aromatic heterocycles. The van der Waals surface area contributed by atoms with Gasteiger partial charge in [0.2, 0.25) is 0 Å². The first kappa shape index (κ1) is 19.7. The van der Waals surface area contributed by atoms with Crippen molar-refractivity contribution in [2.24, 2.45) is 5.92 Å². The highest BCUT2D eigenvalue weighted by molar-refractivity contribution is 6.40. The van der Waals surface area contributed by atoms with Gasteiger partial charge >= 0.3 is 11.8 Å². The third-order valence-corrected chi connectivity index (χ3v) is 5.06. The Labute approximate surface area is 163 Å². The summed E-state index contributed by atoms with van der Waals surface area (Å²) in [6, 6.07) is 10.1. The Balaban J connectivity index is 1.61. The Morgan fingerprint density at radius 3 is 2.57 bits per heavy atom. The van der Waals surface area contributed by atoms with Gasteiger partial charge in [-0.3, -0.25) is 14.4 Å². The van der Waals surface area contributed by atoms with Gasteiger partial charge < -0.3 is 20.4 Å². The lowest BCUT2D eigenvalue weighted by atomic mass is 9.86. The van der Waals surface area contributed by atoms with E-state index in [4.69, 9.17) is 4.42 Å². The van der Waals surface area contributed by atoms with Crippen LogP contribution < -0.4 is 16.0 Å². The first-order chi connectivity index (χ1) is 13.5. The van der Waals surface area contributed by atoms with Crippen LogP contribution in [0.15, 0.2) is 47.1 Å². The molecule has 2 atom stereocenters. The van der Waals surface area contributed by atoms with E-state index in [2.05, 4.69) is 22.9 Å². The second-order valence-corrected chi connectivity index (χ2v) is 7.10. The van der Waals surface area contributed by atoms with Gasteiger partial charge in [0.1, 0.15) is 5.76 Å². The maximum Gasteiger partial charge on any atom is 0.313 e. The van der Waals surface area contributed by atoms with Crippen LogP contribution in [0.3, 0.4) is 0 Å². The number of amides is 3. The average Bonchev–Trinajstić information content (AvgIpc) is 3.22. The highest BCUT2D eigenvalue weighted by Gasteiger charge is 2.26. The van der Waals surface area contributed by atoms with Crippen LogP contribution >= 0.6 is 0 Å². The zero-order valence-corrected chi connectivity index (χ0v) is 15.9. The Bertz CT molecular complexity index is 832. The summed E-state index contributed by atoms with van der Waals surface area (Å²) in [4.78, 5) is 37.1. The second kappa shape index (κ2) is 9.21. The number of anilines is 1. The predicted octanol–water partition coefficient (Wildman–Crippen LogP) is 2.84. The van der Waals surface area contributed by atoms with Crippen LogP contribution in [0.4, 0.5) is 5.69 Å². The summed E-state index contributed by atoms with van der Waals surface area (Å²) in [6.07, 6.45) is 5.66. The van der Waals surface area contributed by atoms with Crippen molar-refractivity contribution in [3.63, 3.8) is 0 Å². The molecule has 0 saturated heterocycles. The van der Waals surface area contributed by atoms with Crippen molar-refractivity contribution < 1.29 is 18.8 Å². The van der Waals surface area contributed by atoms with Gasteiger partial charge in [-0.25, -0.2) is 0 Å². The smallest absolute Gasteiger partial charge is 0.313 e. The van der Waals surface area contributed by atoms with Gasteiger partial charge in [-0.2, -0.15) is 0 Å². The molecule has 1 aliphatic carbocycles. The SMILES string of the molecule is C[C@H]1CCCC[C@@H]1NC(=O)C(=O)Nc1ccccc1C(=O)NCc1ccco1. The minimum Gasteiger partial charge on any atom is -0.467 e. The van der Waals surface area contributed by atoms with Crippen molar-refractivity contribution in [3.8, 4) is 0 Å². The summed E-state index contributed by atoms with van der Waals surface area (Å²) >= 11 is 0. The fraction of sp³-hybridized carbons (Fsp3) is 0.381. The third-order valence-electron chi connectivity index (χ3n) is 5.06. The van der Waals surface area contributed by atoms with E-state index in [0.29, 0.717) is 11.7 Å². The first-order valence-electron chi connectivity index (χ1n) is 9.56. The zero-order chi connectivity index (χ0) is 19.9. The molecule has 0 spiro atoms. The van der Waals surface area contributed by atoms with E-state index in [0.717, 1.165) is 25.7 Å². The van der Waals surface area contributed by atoms with E-state index in [9.17, 15) is 14.4 Å². The molecule has 0 unspecified atom stereocenters. The molecule has 0 aliphatic heterocycles. The van der Waals surface area contributed by atoms with Crippen molar-refractivity contribution in [2.45, 2.75) is 45.2 Å². The van der Waals surface area contributed by atoms with E-state index in [1.54, 1.807) is 36.4 Å². The predicted molar refractivity (Wildman–Crippen MR) is 105 cm³/mol. The third kappa shape index (κ3) is 5.00. The number of benzene rings is 1. The Morgan fingerprint density at radius 2 is 1.82 bits per heavy atom. The number of carbonyl (C=O) groups excluding carboxylic acids is 3. The molecule has 2 aromatic rings. The van der Waals surface area contributed by atoms with Gasteiger partial charge in [-0.1, -0.05) is 31.9 Å². The van der Waals surface area contributed by atoms with Crippen LogP contribution in [0.1, 0.15) is 48.7 Å². The van der Waals surface area contributed by atoms with Crippen molar-refractivity contribution in [1.29, 1.82) is 0 Å². The molecule has 28 heavy (non-hydrogen) atoms. The van der Waals surface area contributed by atoms with Gasteiger partial charge in [0.15, 0.2) is 0 Å². The number of hydrogen-bond acceptors (Lipinski definition) is 4. The summed E-state index contributed by atoms with van der Waals surface area (Å²) < 4.78 is 5.19.